The molecule has 0 amide bonds. The standard InChI is InChI=1S/C17H21N5O3/c1-20(2)10-11-21(3)15-8-9-16(19-23)17(12-15)18-13-4-6-14(7-5-13)22(24)25/h4-9,12,18H,10-11H2,1-3H3. The minimum atomic E-state index is -0.456. The molecule has 0 radical (unpaired) electrons. The van der Waals surface area contributed by atoms with Crippen LogP contribution in [0.1, 0.15) is 0 Å². The second-order valence-electron chi connectivity index (χ2n) is 5.95. The number of nitrogens with zero attached hydrogens (tertiary/aromatic N) is 4. The normalized spacial score (nSPS) is 10.6. The van der Waals surface area contributed by atoms with E-state index in [1.807, 2.05) is 33.3 Å². The molecule has 0 fully saturated rings. The molecular formula is C17H21N5O3. The molecule has 0 aliphatic carbocycles. The lowest BCUT2D eigenvalue weighted by atomic mass is 10.2. The Hall–Kier alpha value is -3.00. The largest absolute Gasteiger partial charge is 0.373 e. The lowest BCUT2D eigenvalue weighted by Crippen LogP contribution is -2.28. The van der Waals surface area contributed by atoms with Crippen LogP contribution in [0.15, 0.2) is 47.6 Å². The second-order valence-corrected chi connectivity index (χ2v) is 5.95. The summed E-state index contributed by atoms with van der Waals surface area (Å²) in [4.78, 5) is 25.5. The number of hydrogen-bond acceptors (Lipinski definition) is 7. The molecule has 0 aromatic heterocycles. The van der Waals surface area contributed by atoms with Gasteiger partial charge in [0.2, 0.25) is 0 Å². The maximum absolute atomic E-state index is 11.1. The van der Waals surface area contributed by atoms with E-state index in [0.29, 0.717) is 11.4 Å². The maximum atomic E-state index is 11.1. The number of likely N-dealkylation sites (N-methyl/N-ethyl adjacent to an activating group) is 2. The molecule has 25 heavy (non-hydrogen) atoms. The molecule has 0 aliphatic heterocycles. The van der Waals surface area contributed by atoms with Gasteiger partial charge in [0.15, 0.2) is 0 Å². The molecule has 2 aromatic carbocycles. The predicted molar refractivity (Wildman–Crippen MR) is 100 cm³/mol. The monoisotopic (exact) mass is 343 g/mol. The number of rotatable bonds is 8. The van der Waals surface area contributed by atoms with Gasteiger partial charge >= 0.3 is 0 Å². The molecule has 1 N–H and O–H groups in total. The molecule has 0 heterocycles. The molecule has 0 atom stereocenters. The first-order chi connectivity index (χ1) is 11.9. The highest BCUT2D eigenvalue weighted by atomic mass is 16.6. The van der Waals surface area contributed by atoms with Crippen LogP contribution in [0.3, 0.4) is 0 Å². The Labute approximate surface area is 146 Å². The molecule has 0 aliphatic rings. The fourth-order valence-corrected chi connectivity index (χ4v) is 2.24. The Kier molecular flexibility index (Phi) is 6.02. The molecule has 0 saturated carbocycles. The van der Waals surface area contributed by atoms with E-state index in [4.69, 9.17) is 0 Å². The molecule has 8 heteroatoms. The van der Waals surface area contributed by atoms with E-state index in [0.717, 1.165) is 18.8 Å². The zero-order chi connectivity index (χ0) is 18.4. The lowest BCUT2D eigenvalue weighted by Gasteiger charge is -2.22. The number of non-ortho nitro benzene ring substituents is 1. The first-order valence-corrected chi connectivity index (χ1v) is 7.75. The van der Waals surface area contributed by atoms with Crippen molar-refractivity contribution < 1.29 is 4.92 Å². The fraction of sp³-hybridized carbons (Fsp3) is 0.294. The zero-order valence-electron chi connectivity index (χ0n) is 14.5. The summed E-state index contributed by atoms with van der Waals surface area (Å²) in [5.74, 6) is 0. The van der Waals surface area contributed by atoms with Crippen LogP contribution in [-0.4, -0.2) is 44.1 Å². The highest BCUT2D eigenvalue weighted by Crippen LogP contribution is 2.32. The first kappa shape index (κ1) is 18.3. The van der Waals surface area contributed by atoms with E-state index in [2.05, 4.69) is 20.3 Å². The Bertz CT molecular complexity index is 746. The summed E-state index contributed by atoms with van der Waals surface area (Å²) in [5, 5.41) is 16.9. The summed E-state index contributed by atoms with van der Waals surface area (Å²) in [5.41, 5.74) is 2.43. The molecule has 0 saturated heterocycles. The van der Waals surface area contributed by atoms with Crippen molar-refractivity contribution >= 4 is 28.4 Å². The van der Waals surface area contributed by atoms with E-state index in [9.17, 15) is 15.0 Å². The third kappa shape index (κ3) is 4.98. The number of nitrogens with one attached hydrogen (secondary N) is 1. The van der Waals surface area contributed by atoms with E-state index in [1.165, 1.54) is 12.1 Å². The second kappa shape index (κ2) is 8.20. The Morgan fingerprint density at radius 1 is 1.08 bits per heavy atom. The van der Waals surface area contributed by atoms with Crippen molar-refractivity contribution in [3.05, 3.63) is 57.5 Å². The molecule has 0 spiro atoms. The number of benzene rings is 2. The third-order valence-corrected chi connectivity index (χ3v) is 3.76. The van der Waals surface area contributed by atoms with Crippen LogP contribution in [0.25, 0.3) is 0 Å². The van der Waals surface area contributed by atoms with Crippen LogP contribution in [0, 0.1) is 15.0 Å². The van der Waals surface area contributed by atoms with Crippen molar-refractivity contribution in [2.45, 2.75) is 0 Å². The summed E-state index contributed by atoms with van der Waals surface area (Å²) in [6.45, 7) is 1.73. The Balaban J connectivity index is 2.21. The third-order valence-electron chi connectivity index (χ3n) is 3.76. The number of hydrogen-bond donors (Lipinski definition) is 1. The van der Waals surface area contributed by atoms with Crippen LogP contribution in [0.2, 0.25) is 0 Å². The van der Waals surface area contributed by atoms with Crippen LogP contribution in [-0.2, 0) is 0 Å². The Morgan fingerprint density at radius 2 is 1.76 bits per heavy atom. The van der Waals surface area contributed by atoms with Gasteiger partial charge in [0.05, 0.1) is 10.6 Å². The number of nitroso groups, excluding NO2 is 1. The minimum absolute atomic E-state index is 0.0106. The highest BCUT2D eigenvalue weighted by molar-refractivity contribution is 5.76. The van der Waals surface area contributed by atoms with Gasteiger partial charge in [-0.2, -0.15) is 0 Å². The molecule has 8 nitrogen and oxygen atoms in total. The van der Waals surface area contributed by atoms with Crippen LogP contribution < -0.4 is 10.2 Å². The van der Waals surface area contributed by atoms with E-state index >= 15 is 0 Å². The summed E-state index contributed by atoms with van der Waals surface area (Å²) in [6, 6.07) is 11.3. The van der Waals surface area contributed by atoms with Gasteiger partial charge in [0, 0.05) is 43.6 Å². The van der Waals surface area contributed by atoms with Crippen molar-refractivity contribution in [3.63, 3.8) is 0 Å². The maximum Gasteiger partial charge on any atom is 0.269 e. The van der Waals surface area contributed by atoms with E-state index < -0.39 is 4.92 Å². The average molecular weight is 343 g/mol. The summed E-state index contributed by atoms with van der Waals surface area (Å²) >= 11 is 0. The van der Waals surface area contributed by atoms with Gasteiger partial charge in [0.1, 0.15) is 5.69 Å². The topological polar surface area (TPSA) is 91.1 Å². The minimum Gasteiger partial charge on any atom is -0.373 e. The lowest BCUT2D eigenvalue weighted by molar-refractivity contribution is -0.384. The number of nitro benzene ring substituents is 1. The van der Waals surface area contributed by atoms with Crippen molar-refractivity contribution in [1.82, 2.24) is 4.90 Å². The van der Waals surface area contributed by atoms with E-state index in [1.54, 1.807) is 18.2 Å². The van der Waals surface area contributed by atoms with Gasteiger partial charge < -0.3 is 15.1 Å². The molecule has 2 rings (SSSR count). The fourth-order valence-electron chi connectivity index (χ4n) is 2.24. The van der Waals surface area contributed by atoms with Gasteiger partial charge in [-0.25, -0.2) is 0 Å². The molecule has 0 bridgehead atoms. The molecule has 0 unspecified atom stereocenters. The van der Waals surface area contributed by atoms with Crippen molar-refractivity contribution in [3.8, 4) is 0 Å². The summed E-state index contributed by atoms with van der Waals surface area (Å²) in [7, 11) is 5.99. The van der Waals surface area contributed by atoms with Crippen LogP contribution >= 0.6 is 0 Å². The van der Waals surface area contributed by atoms with Gasteiger partial charge in [-0.05, 0) is 49.6 Å². The smallest absolute Gasteiger partial charge is 0.269 e. The summed E-state index contributed by atoms with van der Waals surface area (Å²) < 4.78 is 0. The summed E-state index contributed by atoms with van der Waals surface area (Å²) in [6.07, 6.45) is 0. The van der Waals surface area contributed by atoms with Crippen LogP contribution in [0.4, 0.5) is 28.4 Å². The zero-order valence-corrected chi connectivity index (χ0v) is 14.5. The molecular weight excluding hydrogens is 322 g/mol. The molecule has 2 aromatic rings. The van der Waals surface area contributed by atoms with Gasteiger partial charge in [-0.1, -0.05) is 0 Å². The van der Waals surface area contributed by atoms with E-state index in [-0.39, 0.29) is 11.4 Å². The first-order valence-electron chi connectivity index (χ1n) is 7.75. The number of anilines is 3. The van der Waals surface area contributed by atoms with Crippen molar-refractivity contribution in [2.24, 2.45) is 5.18 Å². The predicted octanol–water partition coefficient (Wildman–Crippen LogP) is 3.73. The molecule has 132 valence electrons. The van der Waals surface area contributed by atoms with Crippen LogP contribution in [0.5, 0.6) is 0 Å². The Morgan fingerprint density at radius 3 is 2.32 bits per heavy atom. The van der Waals surface area contributed by atoms with Crippen molar-refractivity contribution in [2.75, 3.05) is 44.4 Å². The average Bonchev–Trinajstić information content (AvgIpc) is 2.60. The van der Waals surface area contributed by atoms with Crippen molar-refractivity contribution in [1.29, 1.82) is 0 Å². The van der Waals surface area contributed by atoms with Gasteiger partial charge in [-0.15, -0.1) is 4.91 Å². The SMILES string of the molecule is CN(C)CCN(C)c1ccc(N=O)c(Nc2ccc([N+](=O)[O-])cc2)c1. The highest BCUT2D eigenvalue weighted by Gasteiger charge is 2.10. The van der Waals surface area contributed by atoms with Gasteiger partial charge in [-0.3, -0.25) is 10.1 Å². The quantitative estimate of drug-likeness (QED) is 0.446. The van der Waals surface area contributed by atoms with Gasteiger partial charge in [0.25, 0.3) is 5.69 Å². The number of nitro groups is 1.